The molecule has 0 radical (unpaired) electrons. The number of aliphatic hydroxyl groups is 1. The predicted octanol–water partition coefficient (Wildman–Crippen LogP) is 6.82. The average Bonchev–Trinajstić information content (AvgIpc) is 3.11. The van der Waals surface area contributed by atoms with Crippen molar-refractivity contribution in [1.82, 2.24) is 9.80 Å². The number of alkyl halides is 3. The second-order valence-electron chi connectivity index (χ2n) is 12.2. The van der Waals surface area contributed by atoms with E-state index in [0.29, 0.717) is 22.7 Å². The molecule has 0 fully saturated rings. The SMILES string of the molecule is C[C@@H]1CN([C@@H](C)CO)C(=O)Cc2cc(NC(=O)Nc3ccc(C(F)(F)F)cc3)ccc2O[C@@H]1CN(C)C(=O)Nc1cccc2ccccc12. The molecule has 1 aliphatic heterocycles. The van der Waals surface area contributed by atoms with Gasteiger partial charge in [-0.25, -0.2) is 9.59 Å². The van der Waals surface area contributed by atoms with Crippen LogP contribution in [0.25, 0.3) is 10.8 Å². The van der Waals surface area contributed by atoms with Crippen molar-refractivity contribution in [2.24, 2.45) is 5.92 Å². The number of fused-ring (bicyclic) bond motifs is 2. The Hall–Kier alpha value is -5.30. The molecule has 0 saturated carbocycles. The van der Waals surface area contributed by atoms with Crippen LogP contribution in [0, 0.1) is 5.92 Å². The number of hydrogen-bond donors (Lipinski definition) is 4. The first-order valence-corrected chi connectivity index (χ1v) is 15.8. The fourth-order valence-electron chi connectivity index (χ4n) is 5.66. The molecule has 4 N–H and O–H groups in total. The van der Waals surface area contributed by atoms with Gasteiger partial charge in [0.1, 0.15) is 11.9 Å². The quantitative estimate of drug-likeness (QED) is 0.171. The molecule has 0 aromatic heterocycles. The number of anilines is 3. The highest BCUT2D eigenvalue weighted by Crippen LogP contribution is 2.31. The van der Waals surface area contributed by atoms with Crippen LogP contribution >= 0.6 is 0 Å². The van der Waals surface area contributed by atoms with Crippen molar-refractivity contribution in [1.29, 1.82) is 0 Å². The molecule has 10 nitrogen and oxygen atoms in total. The monoisotopic (exact) mass is 677 g/mol. The first-order valence-electron chi connectivity index (χ1n) is 15.8. The topological polar surface area (TPSA) is 123 Å². The highest BCUT2D eigenvalue weighted by Gasteiger charge is 2.32. The maximum absolute atomic E-state index is 13.6. The molecule has 0 saturated heterocycles. The molecule has 3 atom stereocenters. The maximum atomic E-state index is 13.6. The molecule has 0 unspecified atom stereocenters. The summed E-state index contributed by atoms with van der Waals surface area (Å²) in [4.78, 5) is 42.8. The number of rotatable bonds is 7. The summed E-state index contributed by atoms with van der Waals surface area (Å²) >= 11 is 0. The van der Waals surface area contributed by atoms with Gasteiger partial charge in [0.15, 0.2) is 0 Å². The van der Waals surface area contributed by atoms with Crippen LogP contribution in [-0.2, 0) is 17.4 Å². The largest absolute Gasteiger partial charge is 0.488 e. The third kappa shape index (κ3) is 8.60. The number of hydrogen-bond acceptors (Lipinski definition) is 5. The molecule has 4 aromatic rings. The van der Waals surface area contributed by atoms with Crippen molar-refractivity contribution in [2.75, 3.05) is 42.7 Å². The van der Waals surface area contributed by atoms with E-state index >= 15 is 0 Å². The van der Waals surface area contributed by atoms with Gasteiger partial charge < -0.3 is 35.6 Å². The lowest BCUT2D eigenvalue weighted by molar-refractivity contribution is -0.137. The lowest BCUT2D eigenvalue weighted by atomic mass is 10.0. The molecule has 0 bridgehead atoms. The van der Waals surface area contributed by atoms with Gasteiger partial charge in [0.25, 0.3) is 0 Å². The van der Waals surface area contributed by atoms with E-state index in [1.165, 1.54) is 4.90 Å². The Morgan fingerprint density at radius 2 is 1.65 bits per heavy atom. The third-order valence-corrected chi connectivity index (χ3v) is 8.48. The second-order valence-corrected chi connectivity index (χ2v) is 12.2. The predicted molar refractivity (Wildman–Crippen MR) is 182 cm³/mol. The number of carbonyl (C=O) groups is 3. The number of nitrogens with one attached hydrogen (secondary N) is 3. The fraction of sp³-hybridized carbons (Fsp3) is 0.306. The molecule has 13 heteroatoms. The molecule has 4 aromatic carbocycles. The highest BCUT2D eigenvalue weighted by molar-refractivity contribution is 6.01. The van der Waals surface area contributed by atoms with E-state index in [2.05, 4.69) is 16.0 Å². The number of halogens is 3. The molecular formula is C36H38F3N5O5. The maximum Gasteiger partial charge on any atom is 0.416 e. The minimum Gasteiger partial charge on any atom is -0.488 e. The summed E-state index contributed by atoms with van der Waals surface area (Å²) in [5.74, 6) is -0.128. The van der Waals surface area contributed by atoms with Gasteiger partial charge in [-0.05, 0) is 60.8 Å². The van der Waals surface area contributed by atoms with E-state index in [1.807, 2.05) is 49.4 Å². The molecule has 0 spiro atoms. The van der Waals surface area contributed by atoms with Gasteiger partial charge >= 0.3 is 18.2 Å². The molecule has 5 rings (SSSR count). The lowest BCUT2D eigenvalue weighted by Gasteiger charge is -2.34. The number of benzene rings is 4. The summed E-state index contributed by atoms with van der Waals surface area (Å²) in [6, 6.07) is 20.7. The Labute approximate surface area is 281 Å². The van der Waals surface area contributed by atoms with Crippen LogP contribution in [0.2, 0.25) is 0 Å². The average molecular weight is 678 g/mol. The Balaban J connectivity index is 1.34. The molecule has 1 heterocycles. The van der Waals surface area contributed by atoms with Gasteiger partial charge in [0, 0.05) is 41.8 Å². The third-order valence-electron chi connectivity index (χ3n) is 8.48. The van der Waals surface area contributed by atoms with Gasteiger partial charge in [-0.2, -0.15) is 13.2 Å². The van der Waals surface area contributed by atoms with Crippen LogP contribution in [0.3, 0.4) is 0 Å². The Morgan fingerprint density at radius 3 is 2.37 bits per heavy atom. The highest BCUT2D eigenvalue weighted by atomic mass is 19.4. The molecule has 49 heavy (non-hydrogen) atoms. The number of ether oxygens (including phenoxy) is 1. The minimum absolute atomic E-state index is 0.0907. The van der Waals surface area contributed by atoms with Gasteiger partial charge in [-0.15, -0.1) is 0 Å². The Morgan fingerprint density at radius 1 is 0.980 bits per heavy atom. The fourth-order valence-corrected chi connectivity index (χ4v) is 5.66. The lowest BCUT2D eigenvalue weighted by Crippen LogP contribution is -2.48. The number of aliphatic hydroxyl groups excluding tert-OH is 1. The zero-order chi connectivity index (χ0) is 35.3. The van der Waals surface area contributed by atoms with E-state index in [9.17, 15) is 32.7 Å². The zero-order valence-corrected chi connectivity index (χ0v) is 27.3. The van der Waals surface area contributed by atoms with Crippen molar-refractivity contribution in [2.45, 2.75) is 38.6 Å². The molecule has 258 valence electrons. The number of likely N-dealkylation sites (N-methyl/N-ethyl adjacent to an activating group) is 1. The first kappa shape index (κ1) is 35.0. The minimum atomic E-state index is -4.50. The van der Waals surface area contributed by atoms with E-state index in [-0.39, 0.29) is 49.7 Å². The molecular weight excluding hydrogens is 639 g/mol. The van der Waals surface area contributed by atoms with Crippen molar-refractivity contribution in [3.63, 3.8) is 0 Å². The van der Waals surface area contributed by atoms with Crippen molar-refractivity contribution in [3.8, 4) is 5.75 Å². The second kappa shape index (κ2) is 14.9. The molecule has 1 aliphatic rings. The van der Waals surface area contributed by atoms with Crippen LogP contribution in [0.4, 0.5) is 39.8 Å². The van der Waals surface area contributed by atoms with Crippen LogP contribution in [0.1, 0.15) is 25.0 Å². The molecule has 5 amide bonds. The van der Waals surface area contributed by atoms with E-state index in [1.54, 1.807) is 37.1 Å². The number of nitrogens with zero attached hydrogens (tertiary/aromatic N) is 2. The summed E-state index contributed by atoms with van der Waals surface area (Å²) in [6.45, 7) is 3.83. The summed E-state index contributed by atoms with van der Waals surface area (Å²) < 4.78 is 45.2. The van der Waals surface area contributed by atoms with Crippen LogP contribution in [0.5, 0.6) is 5.75 Å². The normalized spacial score (nSPS) is 17.1. The molecule has 0 aliphatic carbocycles. The van der Waals surface area contributed by atoms with Crippen LogP contribution in [0.15, 0.2) is 84.9 Å². The first-order chi connectivity index (χ1) is 23.3. The Bertz CT molecular complexity index is 1810. The number of amides is 5. The number of urea groups is 2. The van der Waals surface area contributed by atoms with Gasteiger partial charge in [-0.1, -0.05) is 43.3 Å². The van der Waals surface area contributed by atoms with E-state index in [0.717, 1.165) is 35.0 Å². The van der Waals surface area contributed by atoms with Crippen molar-refractivity contribution >= 4 is 45.8 Å². The van der Waals surface area contributed by atoms with Crippen LogP contribution in [-0.4, -0.2) is 71.8 Å². The van der Waals surface area contributed by atoms with Gasteiger partial charge in [0.2, 0.25) is 5.91 Å². The van der Waals surface area contributed by atoms with Crippen molar-refractivity contribution in [3.05, 3.63) is 96.1 Å². The van der Waals surface area contributed by atoms with E-state index in [4.69, 9.17) is 4.74 Å². The summed E-state index contributed by atoms with van der Waals surface area (Å²) in [5, 5.41) is 20.0. The van der Waals surface area contributed by atoms with Gasteiger partial charge in [0.05, 0.1) is 36.9 Å². The summed E-state index contributed by atoms with van der Waals surface area (Å²) in [6.07, 6.45) is -5.16. The summed E-state index contributed by atoms with van der Waals surface area (Å²) in [7, 11) is 1.66. The van der Waals surface area contributed by atoms with E-state index < -0.39 is 29.9 Å². The van der Waals surface area contributed by atoms with Crippen LogP contribution < -0.4 is 20.7 Å². The van der Waals surface area contributed by atoms with Crippen molar-refractivity contribution < 1.29 is 37.4 Å². The standard InChI is InChI=1S/C36H38F3N5O5/c1-22-19-44(23(2)21-45)33(46)18-25-17-28(41-34(47)40-27-13-11-26(12-14-27)36(37,38)39)15-16-31(25)49-32(22)20-43(3)35(48)42-30-10-6-8-24-7-4-5-9-29(24)30/h4-17,22-23,32,45H,18-21H2,1-3H3,(H,42,48)(H2,40,41,47)/t22-,23+,32-/m1/s1. The van der Waals surface area contributed by atoms with Gasteiger partial charge in [-0.3, -0.25) is 4.79 Å². The zero-order valence-electron chi connectivity index (χ0n) is 27.3. The number of carbonyl (C=O) groups excluding carboxylic acids is 3. The Kier molecular flexibility index (Phi) is 10.6. The summed E-state index contributed by atoms with van der Waals surface area (Å²) in [5.41, 5.74) is 0.770. The smallest absolute Gasteiger partial charge is 0.416 e.